The van der Waals surface area contributed by atoms with E-state index in [2.05, 4.69) is 21.2 Å². The highest BCUT2D eigenvalue weighted by Gasteiger charge is 2.32. The van der Waals surface area contributed by atoms with E-state index in [4.69, 9.17) is 11.6 Å². The Labute approximate surface area is 244 Å². The van der Waals surface area contributed by atoms with Gasteiger partial charge < -0.3 is 10.2 Å². The summed E-state index contributed by atoms with van der Waals surface area (Å²) >= 11 is 9.77. The zero-order chi connectivity index (χ0) is 28.6. The molecule has 0 heterocycles. The van der Waals surface area contributed by atoms with E-state index < -0.39 is 28.5 Å². The lowest BCUT2D eigenvalue weighted by atomic mass is 10.1. The molecule has 0 aliphatic heterocycles. The molecule has 3 aromatic carbocycles. The molecule has 7 nitrogen and oxygen atoms in total. The number of sulfonamides is 1. The molecule has 0 unspecified atom stereocenters. The maximum atomic E-state index is 13.9. The summed E-state index contributed by atoms with van der Waals surface area (Å²) in [5.41, 5.74) is 1.89. The standard InChI is InChI=1S/C29H33BrClN3O4S/c1-4-5-18-32-29(36)22(3)33(19-23-8-6-7-9-27(23)31)28(35)20-34(25-14-12-24(30)13-15-25)39(37,38)26-16-10-21(2)11-17-26/h6-17,22H,4-5,18-20H2,1-3H3,(H,32,36)/t22-/m0/s1. The average Bonchev–Trinajstić information content (AvgIpc) is 2.91. The van der Waals surface area contributed by atoms with Crippen LogP contribution in [-0.4, -0.2) is 44.3 Å². The summed E-state index contributed by atoms with van der Waals surface area (Å²) in [5, 5.41) is 3.32. The lowest BCUT2D eigenvalue weighted by molar-refractivity contribution is -0.139. The number of carbonyl (C=O) groups is 2. The molecule has 1 N–H and O–H groups in total. The molecule has 0 bridgehead atoms. The number of halogens is 2. The molecule has 39 heavy (non-hydrogen) atoms. The van der Waals surface area contributed by atoms with Crippen molar-refractivity contribution in [2.75, 3.05) is 17.4 Å². The van der Waals surface area contributed by atoms with Crippen LogP contribution in [0.15, 0.2) is 82.2 Å². The number of amides is 2. The summed E-state index contributed by atoms with van der Waals surface area (Å²) in [6.45, 7) is 5.55. The molecule has 3 rings (SSSR count). The molecule has 0 fully saturated rings. The van der Waals surface area contributed by atoms with E-state index in [0.29, 0.717) is 22.8 Å². The molecule has 0 aromatic heterocycles. The first-order chi connectivity index (χ1) is 18.5. The van der Waals surface area contributed by atoms with Gasteiger partial charge in [-0.15, -0.1) is 0 Å². The highest BCUT2D eigenvalue weighted by atomic mass is 79.9. The number of benzene rings is 3. The van der Waals surface area contributed by atoms with Crippen molar-refractivity contribution in [1.29, 1.82) is 0 Å². The van der Waals surface area contributed by atoms with E-state index >= 15 is 0 Å². The van der Waals surface area contributed by atoms with E-state index in [1.807, 2.05) is 13.8 Å². The molecule has 10 heteroatoms. The number of aryl methyl sites for hydroxylation is 1. The Morgan fingerprint density at radius 1 is 1.00 bits per heavy atom. The molecule has 0 saturated carbocycles. The molecule has 0 spiro atoms. The number of anilines is 1. The van der Waals surface area contributed by atoms with Crippen molar-refractivity contribution in [3.8, 4) is 0 Å². The van der Waals surface area contributed by atoms with Crippen molar-refractivity contribution < 1.29 is 18.0 Å². The minimum atomic E-state index is -4.11. The maximum absolute atomic E-state index is 13.9. The normalized spacial score (nSPS) is 12.0. The smallest absolute Gasteiger partial charge is 0.264 e. The van der Waals surface area contributed by atoms with Crippen LogP contribution in [0.1, 0.15) is 37.8 Å². The van der Waals surface area contributed by atoms with Gasteiger partial charge in [0.1, 0.15) is 12.6 Å². The summed E-state index contributed by atoms with van der Waals surface area (Å²) in [6.07, 6.45) is 1.72. The fourth-order valence-corrected chi connectivity index (χ4v) is 5.78. The molecule has 1 atom stereocenters. The van der Waals surface area contributed by atoms with Crippen molar-refractivity contribution in [2.24, 2.45) is 0 Å². The van der Waals surface area contributed by atoms with E-state index in [0.717, 1.165) is 27.2 Å². The second-order valence-electron chi connectivity index (χ2n) is 9.23. The Morgan fingerprint density at radius 2 is 1.64 bits per heavy atom. The minimum absolute atomic E-state index is 0.0413. The van der Waals surface area contributed by atoms with Crippen molar-refractivity contribution in [2.45, 2.75) is 51.1 Å². The zero-order valence-corrected chi connectivity index (χ0v) is 25.4. The Balaban J connectivity index is 2.00. The van der Waals surface area contributed by atoms with Gasteiger partial charge in [-0.3, -0.25) is 13.9 Å². The summed E-state index contributed by atoms with van der Waals surface area (Å²) in [4.78, 5) is 28.3. The number of unbranched alkanes of at least 4 members (excludes halogenated alkanes) is 1. The van der Waals surface area contributed by atoms with Crippen LogP contribution in [0.3, 0.4) is 0 Å². The van der Waals surface area contributed by atoms with E-state index in [-0.39, 0.29) is 17.3 Å². The van der Waals surface area contributed by atoms with Crippen LogP contribution >= 0.6 is 27.5 Å². The van der Waals surface area contributed by atoms with Gasteiger partial charge in [0.25, 0.3) is 10.0 Å². The third kappa shape index (κ3) is 8.06. The Morgan fingerprint density at radius 3 is 2.26 bits per heavy atom. The monoisotopic (exact) mass is 633 g/mol. The van der Waals surface area contributed by atoms with Crippen molar-refractivity contribution >= 4 is 55.1 Å². The van der Waals surface area contributed by atoms with Gasteiger partial charge in [0.2, 0.25) is 11.8 Å². The Kier molecular flexibility index (Phi) is 11.0. The molecule has 0 aliphatic carbocycles. The Bertz CT molecular complexity index is 1380. The van der Waals surface area contributed by atoms with Crippen LogP contribution in [0.4, 0.5) is 5.69 Å². The fourth-order valence-electron chi connectivity index (χ4n) is 3.90. The summed E-state index contributed by atoms with van der Waals surface area (Å²) in [6, 6.07) is 19.3. The SMILES string of the molecule is CCCCNC(=O)[C@H](C)N(Cc1ccccc1Cl)C(=O)CN(c1ccc(Br)cc1)S(=O)(=O)c1ccc(C)cc1. The van der Waals surface area contributed by atoms with Crippen molar-refractivity contribution in [1.82, 2.24) is 10.2 Å². The van der Waals surface area contributed by atoms with E-state index in [9.17, 15) is 18.0 Å². The first-order valence-corrected chi connectivity index (χ1v) is 15.3. The molecule has 0 saturated heterocycles. The highest BCUT2D eigenvalue weighted by molar-refractivity contribution is 9.10. The largest absolute Gasteiger partial charge is 0.354 e. The lowest BCUT2D eigenvalue weighted by Crippen LogP contribution is -2.51. The van der Waals surface area contributed by atoms with Gasteiger partial charge in [-0.2, -0.15) is 0 Å². The van der Waals surface area contributed by atoms with Gasteiger partial charge in [-0.1, -0.05) is 76.8 Å². The van der Waals surface area contributed by atoms with E-state index in [1.165, 1.54) is 17.0 Å². The first-order valence-electron chi connectivity index (χ1n) is 12.7. The van der Waals surface area contributed by atoms with Crippen LogP contribution in [0.2, 0.25) is 5.02 Å². The summed E-state index contributed by atoms with van der Waals surface area (Å²) in [5.74, 6) is -0.855. The maximum Gasteiger partial charge on any atom is 0.264 e. The van der Waals surface area contributed by atoms with Gasteiger partial charge in [-0.25, -0.2) is 8.42 Å². The summed E-state index contributed by atoms with van der Waals surface area (Å²) < 4.78 is 29.5. The number of rotatable bonds is 12. The van der Waals surface area contributed by atoms with Gasteiger partial charge >= 0.3 is 0 Å². The van der Waals surface area contributed by atoms with Crippen molar-refractivity contribution in [3.05, 3.63) is 93.4 Å². The first kappa shape index (κ1) is 30.7. The van der Waals surface area contributed by atoms with Crippen LogP contribution in [-0.2, 0) is 26.2 Å². The van der Waals surface area contributed by atoms with E-state index in [1.54, 1.807) is 67.6 Å². The van der Waals surface area contributed by atoms with Crippen LogP contribution < -0.4 is 9.62 Å². The highest BCUT2D eigenvalue weighted by Crippen LogP contribution is 2.27. The topological polar surface area (TPSA) is 86.8 Å². The number of nitrogens with one attached hydrogen (secondary N) is 1. The van der Waals surface area contributed by atoms with Gasteiger partial charge in [0, 0.05) is 22.6 Å². The second kappa shape index (κ2) is 14.0. The molecule has 0 radical (unpaired) electrons. The molecule has 0 aliphatic rings. The number of nitrogens with zero attached hydrogens (tertiary/aromatic N) is 2. The second-order valence-corrected chi connectivity index (χ2v) is 12.4. The zero-order valence-electron chi connectivity index (χ0n) is 22.2. The molecule has 2 amide bonds. The predicted octanol–water partition coefficient (Wildman–Crippen LogP) is 5.94. The number of carbonyl (C=O) groups excluding carboxylic acids is 2. The molecule has 3 aromatic rings. The Hall–Kier alpha value is -2.88. The molecule has 208 valence electrons. The third-order valence-corrected chi connectivity index (χ3v) is 8.98. The number of hydrogen-bond acceptors (Lipinski definition) is 4. The van der Waals surface area contributed by atoms with Crippen molar-refractivity contribution in [3.63, 3.8) is 0 Å². The molecular formula is C29H33BrClN3O4S. The average molecular weight is 635 g/mol. The quantitative estimate of drug-likeness (QED) is 0.250. The molecular weight excluding hydrogens is 602 g/mol. The fraction of sp³-hybridized carbons (Fsp3) is 0.310. The van der Waals surface area contributed by atoms with Gasteiger partial charge in [0.15, 0.2) is 0 Å². The lowest BCUT2D eigenvalue weighted by Gasteiger charge is -2.32. The van der Waals surface area contributed by atoms with Gasteiger partial charge in [-0.05, 0) is 68.3 Å². The van der Waals surface area contributed by atoms with Crippen LogP contribution in [0, 0.1) is 6.92 Å². The van der Waals surface area contributed by atoms with Gasteiger partial charge in [0.05, 0.1) is 10.6 Å². The predicted molar refractivity (Wildman–Crippen MR) is 159 cm³/mol. The third-order valence-electron chi connectivity index (χ3n) is 6.30. The summed E-state index contributed by atoms with van der Waals surface area (Å²) in [7, 11) is -4.11. The van der Waals surface area contributed by atoms with Crippen LogP contribution in [0.25, 0.3) is 0 Å². The minimum Gasteiger partial charge on any atom is -0.354 e. The van der Waals surface area contributed by atoms with Crippen LogP contribution in [0.5, 0.6) is 0 Å². The number of hydrogen-bond donors (Lipinski definition) is 1.